The zero-order valence-corrected chi connectivity index (χ0v) is 14.3. The van der Waals surface area contributed by atoms with Gasteiger partial charge in [0, 0.05) is 0 Å². The van der Waals surface area contributed by atoms with Gasteiger partial charge in [0.15, 0.2) is 5.69 Å². The van der Waals surface area contributed by atoms with Crippen molar-refractivity contribution in [1.82, 2.24) is 9.97 Å². The van der Waals surface area contributed by atoms with Gasteiger partial charge in [0.05, 0.1) is 12.4 Å². The van der Waals surface area contributed by atoms with Gasteiger partial charge in [-0.15, -0.1) is 0 Å². The van der Waals surface area contributed by atoms with Crippen LogP contribution in [0.2, 0.25) is 0 Å². The van der Waals surface area contributed by atoms with Gasteiger partial charge in [-0.05, 0) is 37.1 Å². The summed E-state index contributed by atoms with van der Waals surface area (Å²) in [6.45, 7) is 11.8. The second-order valence-electron chi connectivity index (χ2n) is 4.16. The Morgan fingerprint density at radius 1 is 0.826 bits per heavy atom. The normalized spacial score (nSPS) is 9.96. The first kappa shape index (κ1) is 20.9. The second kappa shape index (κ2) is 9.82. The zero-order chi connectivity index (χ0) is 18.0. The molecule has 1 aromatic heterocycles. The number of aromatic nitrogens is 2. The summed E-state index contributed by atoms with van der Waals surface area (Å²) in [5, 5.41) is 0. The first-order valence-electron chi connectivity index (χ1n) is 7.50. The van der Waals surface area contributed by atoms with E-state index in [0.717, 1.165) is 17.3 Å². The molecule has 0 unspecified atom stereocenters. The molecule has 23 heavy (non-hydrogen) atoms. The molecule has 1 aromatic carbocycles. The van der Waals surface area contributed by atoms with Crippen LogP contribution < -0.4 is 4.74 Å². The van der Waals surface area contributed by atoms with E-state index < -0.39 is 11.9 Å². The molecule has 128 valence electrons. The Hall–Kier alpha value is -2.11. The third-order valence-electron chi connectivity index (χ3n) is 2.34. The highest BCUT2D eigenvalue weighted by atomic mass is 19.4. The first-order chi connectivity index (χ1) is 10.8. The molecule has 1 heterocycles. The lowest BCUT2D eigenvalue weighted by Crippen LogP contribution is -2.08. The van der Waals surface area contributed by atoms with Gasteiger partial charge < -0.3 is 4.74 Å². The predicted octanol–water partition coefficient (Wildman–Crippen LogP) is 5.96. The van der Waals surface area contributed by atoms with Crippen molar-refractivity contribution >= 4 is 0 Å². The van der Waals surface area contributed by atoms with E-state index in [-0.39, 0.29) is 5.88 Å². The minimum atomic E-state index is -4.49. The van der Waals surface area contributed by atoms with E-state index in [1.54, 1.807) is 12.1 Å². The number of aryl methyl sites for hydroxylation is 2. The molecule has 0 bridgehead atoms. The Morgan fingerprint density at radius 3 is 1.74 bits per heavy atom. The number of hydrogen-bond acceptors (Lipinski definition) is 3. The van der Waals surface area contributed by atoms with E-state index in [1.807, 2.05) is 47.6 Å². The fourth-order valence-corrected chi connectivity index (χ4v) is 1.63. The van der Waals surface area contributed by atoms with Crippen LogP contribution in [0.5, 0.6) is 11.6 Å². The Balaban J connectivity index is 0.00000112. The molecule has 0 aliphatic rings. The molecule has 0 aliphatic heterocycles. The van der Waals surface area contributed by atoms with Crippen LogP contribution in [0.15, 0.2) is 30.6 Å². The van der Waals surface area contributed by atoms with Gasteiger partial charge in [0.1, 0.15) is 5.75 Å². The van der Waals surface area contributed by atoms with E-state index in [4.69, 9.17) is 4.74 Å². The monoisotopic (exact) mass is 328 g/mol. The van der Waals surface area contributed by atoms with Crippen molar-refractivity contribution < 1.29 is 17.9 Å². The third kappa shape index (κ3) is 7.13. The largest absolute Gasteiger partial charge is 0.437 e. The molecular weight excluding hydrogens is 305 g/mol. The molecule has 0 saturated heterocycles. The van der Waals surface area contributed by atoms with Gasteiger partial charge in [0.25, 0.3) is 0 Å². The van der Waals surface area contributed by atoms with E-state index >= 15 is 0 Å². The molecule has 0 saturated carbocycles. The Bertz CT molecular complexity index is 561. The van der Waals surface area contributed by atoms with Crippen molar-refractivity contribution in [3.05, 3.63) is 47.4 Å². The van der Waals surface area contributed by atoms with Gasteiger partial charge in [-0.2, -0.15) is 13.2 Å². The molecule has 0 radical (unpaired) electrons. The fourth-order valence-electron chi connectivity index (χ4n) is 1.63. The van der Waals surface area contributed by atoms with Crippen molar-refractivity contribution in [2.75, 3.05) is 0 Å². The maximum absolute atomic E-state index is 12.3. The molecule has 0 spiro atoms. The number of nitrogens with zero attached hydrogens (tertiary/aromatic N) is 2. The quantitative estimate of drug-likeness (QED) is 0.682. The molecule has 2 aromatic rings. The van der Waals surface area contributed by atoms with Gasteiger partial charge >= 0.3 is 6.18 Å². The molecule has 0 aliphatic carbocycles. The summed E-state index contributed by atoms with van der Waals surface area (Å²) in [6, 6.07) is 5.50. The molecule has 0 fully saturated rings. The van der Waals surface area contributed by atoms with Gasteiger partial charge in [-0.1, -0.05) is 33.8 Å². The highest BCUT2D eigenvalue weighted by Crippen LogP contribution is 2.28. The lowest BCUT2D eigenvalue weighted by Gasteiger charge is -2.08. The van der Waals surface area contributed by atoms with Crippen molar-refractivity contribution in [3.63, 3.8) is 0 Å². The number of benzene rings is 1. The van der Waals surface area contributed by atoms with Gasteiger partial charge in [-0.3, -0.25) is 0 Å². The summed E-state index contributed by atoms with van der Waals surface area (Å²) >= 11 is 0. The van der Waals surface area contributed by atoms with Crippen LogP contribution in [0.25, 0.3) is 0 Å². The Kier molecular flexibility index (Phi) is 8.92. The lowest BCUT2D eigenvalue weighted by molar-refractivity contribution is -0.141. The van der Waals surface area contributed by atoms with E-state index in [1.165, 1.54) is 0 Å². The molecule has 2 rings (SSSR count). The molecule has 0 atom stereocenters. The maximum atomic E-state index is 12.3. The molecule has 3 nitrogen and oxygen atoms in total. The smallest absolute Gasteiger partial charge is 0.434 e. The topological polar surface area (TPSA) is 35.0 Å². The predicted molar refractivity (Wildman–Crippen MR) is 85.7 cm³/mol. The highest BCUT2D eigenvalue weighted by Gasteiger charge is 2.32. The standard InChI is InChI=1S/C13H11F3N2O.2C2H6/c1-8-3-9(2)5-10(4-8)19-12-7-17-11(6-18-12)13(14,15)16;2*1-2/h3-7H,1-2H3;2*1-2H3. The van der Waals surface area contributed by atoms with Crippen LogP contribution in [0.1, 0.15) is 44.5 Å². The average Bonchev–Trinajstić information content (AvgIpc) is 2.50. The van der Waals surface area contributed by atoms with Crippen LogP contribution in [-0.4, -0.2) is 9.97 Å². The zero-order valence-electron chi connectivity index (χ0n) is 14.3. The SMILES string of the molecule is CC.CC.Cc1cc(C)cc(Oc2cnc(C(F)(F)F)cn2)c1. The van der Waals surface area contributed by atoms with E-state index in [9.17, 15) is 13.2 Å². The van der Waals surface area contributed by atoms with E-state index in [0.29, 0.717) is 11.9 Å². The van der Waals surface area contributed by atoms with Crippen LogP contribution in [0.3, 0.4) is 0 Å². The van der Waals surface area contributed by atoms with Gasteiger partial charge in [0.2, 0.25) is 5.88 Å². The number of rotatable bonds is 2. The third-order valence-corrected chi connectivity index (χ3v) is 2.34. The fraction of sp³-hybridized carbons (Fsp3) is 0.412. The highest BCUT2D eigenvalue weighted by molar-refractivity contribution is 5.35. The lowest BCUT2D eigenvalue weighted by atomic mass is 10.1. The van der Waals surface area contributed by atoms with Crippen LogP contribution in [-0.2, 0) is 6.18 Å². The maximum Gasteiger partial charge on any atom is 0.434 e. The van der Waals surface area contributed by atoms with Gasteiger partial charge in [-0.25, -0.2) is 9.97 Å². The minimum Gasteiger partial charge on any atom is -0.437 e. The van der Waals surface area contributed by atoms with Crippen molar-refractivity contribution in [3.8, 4) is 11.6 Å². The molecular formula is C17H23F3N2O. The average molecular weight is 328 g/mol. The summed E-state index contributed by atoms with van der Waals surface area (Å²) in [7, 11) is 0. The summed E-state index contributed by atoms with van der Waals surface area (Å²) in [4.78, 5) is 6.87. The number of alkyl halides is 3. The number of halogens is 3. The Morgan fingerprint density at radius 2 is 1.35 bits per heavy atom. The first-order valence-corrected chi connectivity index (χ1v) is 7.50. The summed E-state index contributed by atoms with van der Waals surface area (Å²) in [5.74, 6) is 0.546. The van der Waals surface area contributed by atoms with Crippen molar-refractivity contribution in [2.45, 2.75) is 47.7 Å². The summed E-state index contributed by atoms with van der Waals surface area (Å²) < 4.78 is 42.3. The molecule has 6 heteroatoms. The molecule has 0 N–H and O–H groups in total. The molecule has 0 amide bonds. The van der Waals surface area contributed by atoms with Crippen LogP contribution >= 0.6 is 0 Å². The Labute approximate surface area is 135 Å². The number of hydrogen-bond donors (Lipinski definition) is 0. The summed E-state index contributed by atoms with van der Waals surface area (Å²) in [5.41, 5.74) is 0.949. The minimum absolute atomic E-state index is 0.0259. The van der Waals surface area contributed by atoms with Crippen LogP contribution in [0, 0.1) is 13.8 Å². The summed E-state index contributed by atoms with van der Waals surface area (Å²) in [6.07, 6.45) is -2.88. The van der Waals surface area contributed by atoms with Crippen LogP contribution in [0.4, 0.5) is 13.2 Å². The van der Waals surface area contributed by atoms with Crippen molar-refractivity contribution in [1.29, 1.82) is 0 Å². The number of ether oxygens (including phenoxy) is 1. The van der Waals surface area contributed by atoms with E-state index in [2.05, 4.69) is 9.97 Å². The second-order valence-corrected chi connectivity index (χ2v) is 4.16. The van der Waals surface area contributed by atoms with Crippen molar-refractivity contribution in [2.24, 2.45) is 0 Å².